The maximum Gasteiger partial charge on any atom is 0.126 e. The smallest absolute Gasteiger partial charge is 0.126 e. The van der Waals surface area contributed by atoms with Crippen molar-refractivity contribution >= 4 is 0 Å². The van der Waals surface area contributed by atoms with Crippen LogP contribution in [0.25, 0.3) is 0 Å². The summed E-state index contributed by atoms with van der Waals surface area (Å²) < 4.78 is 15.3. The van der Waals surface area contributed by atoms with Gasteiger partial charge in [-0.05, 0) is 104 Å². The Labute approximate surface area is 210 Å². The van der Waals surface area contributed by atoms with E-state index in [1.165, 1.54) is 127 Å². The van der Waals surface area contributed by atoms with E-state index in [1.807, 2.05) is 6.07 Å². The van der Waals surface area contributed by atoms with Crippen molar-refractivity contribution in [2.24, 2.45) is 23.7 Å². The minimum absolute atomic E-state index is 0.125. The highest BCUT2D eigenvalue weighted by Gasteiger charge is 2.36. The maximum atomic E-state index is 15.3. The molecule has 2 saturated carbocycles. The third-order valence-electron chi connectivity index (χ3n) is 10.00. The van der Waals surface area contributed by atoms with Gasteiger partial charge in [0.1, 0.15) is 5.82 Å². The monoisotopic (exact) mass is 468 g/mol. The molecule has 5 atom stereocenters. The summed E-state index contributed by atoms with van der Waals surface area (Å²) in [6.45, 7) is 4.58. The van der Waals surface area contributed by atoms with Crippen molar-refractivity contribution in [3.63, 3.8) is 0 Å². The first-order valence-corrected chi connectivity index (χ1v) is 15.5. The Kier molecular flexibility index (Phi) is 10.4. The molecule has 3 aliphatic rings. The van der Waals surface area contributed by atoms with Crippen molar-refractivity contribution < 1.29 is 4.39 Å². The van der Waals surface area contributed by atoms with E-state index in [0.29, 0.717) is 11.8 Å². The van der Waals surface area contributed by atoms with Gasteiger partial charge in [0, 0.05) is 0 Å². The van der Waals surface area contributed by atoms with Crippen LogP contribution < -0.4 is 0 Å². The quantitative estimate of drug-likeness (QED) is 0.268. The van der Waals surface area contributed by atoms with Crippen molar-refractivity contribution in [1.82, 2.24) is 0 Å². The fourth-order valence-corrected chi connectivity index (χ4v) is 7.85. The molecule has 1 aromatic carbocycles. The summed E-state index contributed by atoms with van der Waals surface area (Å²) >= 11 is 0. The first kappa shape index (κ1) is 26.2. The molecule has 0 spiro atoms. The van der Waals surface area contributed by atoms with Crippen LogP contribution in [-0.2, 0) is 12.8 Å². The van der Waals surface area contributed by atoms with E-state index in [0.717, 1.165) is 36.2 Å². The number of fused-ring (bicyclic) bond motifs is 2. The van der Waals surface area contributed by atoms with Gasteiger partial charge in [0.2, 0.25) is 0 Å². The minimum atomic E-state index is 0.125. The third kappa shape index (κ3) is 7.10. The molecule has 0 saturated heterocycles. The number of benzene rings is 1. The number of unbranched alkanes of at least 4 members (excludes halogenated alkanes) is 7. The van der Waals surface area contributed by atoms with E-state index in [4.69, 9.17) is 0 Å². The van der Waals surface area contributed by atoms with E-state index in [1.54, 1.807) is 0 Å². The molecule has 34 heavy (non-hydrogen) atoms. The van der Waals surface area contributed by atoms with Crippen molar-refractivity contribution in [3.05, 3.63) is 34.6 Å². The van der Waals surface area contributed by atoms with Crippen LogP contribution in [-0.4, -0.2) is 0 Å². The lowest BCUT2D eigenvalue weighted by Crippen LogP contribution is -2.30. The van der Waals surface area contributed by atoms with Gasteiger partial charge in [-0.2, -0.15) is 0 Å². The second-order valence-electron chi connectivity index (χ2n) is 12.5. The summed E-state index contributed by atoms with van der Waals surface area (Å²) in [5.41, 5.74) is 3.77. The van der Waals surface area contributed by atoms with Crippen LogP contribution in [0.3, 0.4) is 0 Å². The molecular weight excluding hydrogens is 415 g/mol. The predicted molar refractivity (Wildman–Crippen MR) is 145 cm³/mol. The van der Waals surface area contributed by atoms with Gasteiger partial charge in [0.25, 0.3) is 0 Å². The van der Waals surface area contributed by atoms with Crippen LogP contribution in [0.2, 0.25) is 0 Å². The number of hydrogen-bond acceptors (Lipinski definition) is 0. The number of hydrogen-bond donors (Lipinski definition) is 0. The Morgan fingerprint density at radius 2 is 1.38 bits per heavy atom. The molecule has 0 heterocycles. The largest absolute Gasteiger partial charge is 0.207 e. The molecule has 1 aromatic rings. The Morgan fingerprint density at radius 3 is 2.18 bits per heavy atom. The molecule has 5 unspecified atom stereocenters. The highest BCUT2D eigenvalue weighted by atomic mass is 19.1. The standard InChI is InChI=1S/C33H53F/c1-3-5-7-9-11-12-25-14-16-28-22-29(19-18-27(28)20-25)31-23-30-17-15-26(13-10-8-6-4-2)21-32(30)33(34)24-31/h23-29H,3-22H2,1-2H3. The second-order valence-corrected chi connectivity index (χ2v) is 12.5. The van der Waals surface area contributed by atoms with E-state index >= 15 is 4.39 Å². The van der Waals surface area contributed by atoms with E-state index in [-0.39, 0.29) is 5.82 Å². The summed E-state index contributed by atoms with van der Waals surface area (Å²) in [4.78, 5) is 0. The van der Waals surface area contributed by atoms with E-state index < -0.39 is 0 Å². The zero-order valence-corrected chi connectivity index (χ0v) is 22.6. The molecule has 0 aliphatic heterocycles. The topological polar surface area (TPSA) is 0 Å². The highest BCUT2D eigenvalue weighted by molar-refractivity contribution is 5.37. The summed E-state index contributed by atoms with van der Waals surface area (Å²) in [7, 11) is 0. The molecule has 4 rings (SSSR count). The Morgan fingerprint density at radius 1 is 0.706 bits per heavy atom. The zero-order valence-electron chi connectivity index (χ0n) is 22.6. The lowest BCUT2D eigenvalue weighted by Gasteiger charge is -2.42. The van der Waals surface area contributed by atoms with Crippen LogP contribution in [0.4, 0.5) is 4.39 Å². The van der Waals surface area contributed by atoms with Crippen LogP contribution in [0.15, 0.2) is 12.1 Å². The molecule has 0 amide bonds. The number of aryl methyl sites for hydroxylation is 1. The molecule has 0 radical (unpaired) electrons. The van der Waals surface area contributed by atoms with Crippen molar-refractivity contribution in [2.75, 3.05) is 0 Å². The molecule has 192 valence electrons. The van der Waals surface area contributed by atoms with Crippen LogP contribution >= 0.6 is 0 Å². The van der Waals surface area contributed by atoms with E-state index in [9.17, 15) is 0 Å². The van der Waals surface area contributed by atoms with Crippen LogP contribution in [0.1, 0.15) is 152 Å². The molecule has 2 fully saturated rings. The summed E-state index contributed by atoms with van der Waals surface area (Å²) in [5.74, 6) is 4.30. The number of rotatable bonds is 12. The van der Waals surface area contributed by atoms with Gasteiger partial charge >= 0.3 is 0 Å². The first-order chi connectivity index (χ1) is 16.7. The lowest BCUT2D eigenvalue weighted by molar-refractivity contribution is 0.113. The predicted octanol–water partition coefficient (Wildman–Crippen LogP) is 10.6. The van der Waals surface area contributed by atoms with Gasteiger partial charge in [0.15, 0.2) is 0 Å². The summed E-state index contributed by atoms with van der Waals surface area (Å²) in [6.07, 6.45) is 27.0. The Hall–Kier alpha value is -0.850. The molecular formula is C33H53F. The van der Waals surface area contributed by atoms with Crippen molar-refractivity contribution in [3.8, 4) is 0 Å². The average molecular weight is 469 g/mol. The zero-order chi connectivity index (χ0) is 23.8. The molecule has 0 nitrogen and oxygen atoms in total. The number of halogens is 1. The first-order valence-electron chi connectivity index (χ1n) is 15.5. The molecule has 1 heteroatoms. The lowest BCUT2D eigenvalue weighted by atomic mass is 9.63. The highest BCUT2D eigenvalue weighted by Crippen LogP contribution is 2.49. The molecule has 0 bridgehead atoms. The van der Waals surface area contributed by atoms with Gasteiger partial charge in [0.05, 0.1) is 0 Å². The van der Waals surface area contributed by atoms with Gasteiger partial charge in [-0.15, -0.1) is 0 Å². The second kappa shape index (κ2) is 13.5. The van der Waals surface area contributed by atoms with Crippen molar-refractivity contribution in [2.45, 2.75) is 148 Å². The van der Waals surface area contributed by atoms with E-state index in [2.05, 4.69) is 19.9 Å². The van der Waals surface area contributed by atoms with Crippen molar-refractivity contribution in [1.29, 1.82) is 0 Å². The fourth-order valence-electron chi connectivity index (χ4n) is 7.85. The van der Waals surface area contributed by atoms with Gasteiger partial charge in [-0.1, -0.05) is 97.0 Å². The Balaban J connectivity index is 1.27. The minimum Gasteiger partial charge on any atom is -0.207 e. The average Bonchev–Trinajstić information content (AvgIpc) is 2.86. The summed E-state index contributed by atoms with van der Waals surface area (Å²) in [6, 6.07) is 4.41. The normalized spacial score (nSPS) is 29.0. The van der Waals surface area contributed by atoms with Crippen LogP contribution in [0, 0.1) is 29.5 Å². The van der Waals surface area contributed by atoms with Gasteiger partial charge < -0.3 is 0 Å². The fraction of sp³-hybridized carbons (Fsp3) is 0.818. The SMILES string of the molecule is CCCCCCCC1CCC2CC(c3cc(F)c4c(c3)CCC(CCCCCC)C4)CCC2C1. The third-order valence-corrected chi connectivity index (χ3v) is 10.00. The van der Waals surface area contributed by atoms with Gasteiger partial charge in [-0.25, -0.2) is 4.39 Å². The molecule has 0 N–H and O–H groups in total. The Bertz CT molecular complexity index is 736. The van der Waals surface area contributed by atoms with Gasteiger partial charge in [-0.3, -0.25) is 0 Å². The molecule has 3 aliphatic carbocycles. The summed E-state index contributed by atoms with van der Waals surface area (Å²) in [5, 5.41) is 0. The molecule has 0 aromatic heterocycles. The maximum absolute atomic E-state index is 15.3. The van der Waals surface area contributed by atoms with Crippen LogP contribution in [0.5, 0.6) is 0 Å².